The Morgan fingerprint density at radius 3 is 2.90 bits per heavy atom. The molecule has 6 nitrogen and oxygen atoms in total. The molecule has 2 N–H and O–H groups in total. The zero-order chi connectivity index (χ0) is 15.3. The van der Waals surface area contributed by atoms with E-state index in [-0.39, 0.29) is 18.4 Å². The molecule has 1 aliphatic heterocycles. The molecule has 6 heteroatoms. The summed E-state index contributed by atoms with van der Waals surface area (Å²) in [5.74, 6) is -1.48. The minimum Gasteiger partial charge on any atom is -0.481 e. The first-order chi connectivity index (χ1) is 10.1. The minimum atomic E-state index is -1.44. The predicted octanol–water partition coefficient (Wildman–Crippen LogP) is 2.38. The number of carboxylic acids is 1. The fourth-order valence-electron chi connectivity index (χ4n) is 2.97. The summed E-state index contributed by atoms with van der Waals surface area (Å²) in [6, 6.07) is 9.81. The molecule has 0 aromatic heterocycles. The average molecular weight is 286 g/mol. The number of azide groups is 1. The van der Waals surface area contributed by atoms with Crippen LogP contribution >= 0.6 is 0 Å². The summed E-state index contributed by atoms with van der Waals surface area (Å²) in [6.07, 6.45) is 2.43. The number of hydrogen-bond donors (Lipinski definition) is 2. The van der Waals surface area contributed by atoms with Crippen LogP contribution in [0.2, 0.25) is 0 Å². The largest absolute Gasteiger partial charge is 0.481 e. The molecule has 110 valence electrons. The Hall–Kier alpha value is -2.30. The fraction of sp³-hybridized carbons (Fsp3) is 0.400. The van der Waals surface area contributed by atoms with Crippen LogP contribution in [0.4, 0.5) is 0 Å². The standard InChI is InChI=1S/C15H18N4O2/c1-2-12(8-11-6-4-3-5-7-11)13-9-17-10-15(13,14(20)21)18-19-16/h2-7,12-13,17H,1,8-10H2,(H,20,21). The van der Waals surface area contributed by atoms with E-state index in [1.807, 2.05) is 30.3 Å². The predicted molar refractivity (Wildman–Crippen MR) is 79.7 cm³/mol. The van der Waals surface area contributed by atoms with Gasteiger partial charge in [0.2, 0.25) is 0 Å². The normalized spacial score (nSPS) is 25.8. The van der Waals surface area contributed by atoms with Crippen molar-refractivity contribution < 1.29 is 9.90 Å². The summed E-state index contributed by atoms with van der Waals surface area (Å²) in [5, 5.41) is 16.2. The van der Waals surface area contributed by atoms with Crippen LogP contribution in [0.3, 0.4) is 0 Å². The Labute approximate surface area is 123 Å². The van der Waals surface area contributed by atoms with E-state index in [4.69, 9.17) is 5.53 Å². The van der Waals surface area contributed by atoms with Gasteiger partial charge in [-0.2, -0.15) is 0 Å². The first kappa shape index (κ1) is 15.1. The molecular formula is C15H18N4O2. The van der Waals surface area contributed by atoms with Gasteiger partial charge in [0.1, 0.15) is 0 Å². The van der Waals surface area contributed by atoms with Crippen molar-refractivity contribution in [2.75, 3.05) is 13.1 Å². The van der Waals surface area contributed by atoms with Crippen LogP contribution < -0.4 is 5.32 Å². The number of benzene rings is 1. The lowest BCUT2D eigenvalue weighted by Crippen LogP contribution is -2.46. The maximum Gasteiger partial charge on any atom is 0.317 e. The Balaban J connectivity index is 2.29. The van der Waals surface area contributed by atoms with Crippen molar-refractivity contribution in [1.82, 2.24) is 5.32 Å². The molecule has 1 saturated heterocycles. The molecule has 1 aliphatic rings. The van der Waals surface area contributed by atoms with Crippen LogP contribution in [0, 0.1) is 11.8 Å². The molecule has 1 aromatic carbocycles. The van der Waals surface area contributed by atoms with Crippen molar-refractivity contribution in [3.63, 3.8) is 0 Å². The Kier molecular flexibility index (Phi) is 4.62. The van der Waals surface area contributed by atoms with E-state index >= 15 is 0 Å². The SMILES string of the molecule is C=CC(Cc1ccccc1)C1CNCC1(N=[N+]=[N-])C(=O)O. The third kappa shape index (κ3) is 2.91. The van der Waals surface area contributed by atoms with Crippen molar-refractivity contribution >= 4 is 5.97 Å². The second-order valence-electron chi connectivity index (χ2n) is 5.25. The maximum absolute atomic E-state index is 11.7. The number of nitrogens with one attached hydrogen (secondary N) is 1. The molecule has 0 bridgehead atoms. The van der Waals surface area contributed by atoms with Crippen LogP contribution in [0.25, 0.3) is 10.4 Å². The third-order valence-corrected chi connectivity index (χ3v) is 4.10. The monoisotopic (exact) mass is 286 g/mol. The highest BCUT2D eigenvalue weighted by Gasteiger charge is 2.51. The highest BCUT2D eigenvalue weighted by molar-refractivity contribution is 5.80. The first-order valence-corrected chi connectivity index (χ1v) is 6.81. The Morgan fingerprint density at radius 2 is 2.33 bits per heavy atom. The molecule has 3 atom stereocenters. The zero-order valence-electron chi connectivity index (χ0n) is 11.6. The summed E-state index contributed by atoms with van der Waals surface area (Å²) in [4.78, 5) is 14.4. The highest BCUT2D eigenvalue weighted by Crippen LogP contribution is 2.35. The fourth-order valence-corrected chi connectivity index (χ4v) is 2.97. The van der Waals surface area contributed by atoms with Gasteiger partial charge in [0, 0.05) is 17.4 Å². The summed E-state index contributed by atoms with van der Waals surface area (Å²) < 4.78 is 0. The summed E-state index contributed by atoms with van der Waals surface area (Å²) in [6.45, 7) is 4.48. The average Bonchev–Trinajstić information content (AvgIpc) is 2.91. The minimum absolute atomic E-state index is 0.0796. The van der Waals surface area contributed by atoms with Crippen LogP contribution in [0.15, 0.2) is 48.1 Å². The van der Waals surface area contributed by atoms with Crippen molar-refractivity contribution in [2.45, 2.75) is 12.0 Å². The van der Waals surface area contributed by atoms with Crippen LogP contribution in [0.5, 0.6) is 0 Å². The van der Waals surface area contributed by atoms with Crippen molar-refractivity contribution in [2.24, 2.45) is 17.0 Å². The lowest BCUT2D eigenvalue weighted by molar-refractivity contribution is -0.144. The van der Waals surface area contributed by atoms with E-state index in [0.717, 1.165) is 5.56 Å². The summed E-state index contributed by atoms with van der Waals surface area (Å²) in [7, 11) is 0. The van der Waals surface area contributed by atoms with E-state index in [0.29, 0.717) is 13.0 Å². The smallest absolute Gasteiger partial charge is 0.317 e. The number of hydrogen-bond acceptors (Lipinski definition) is 3. The zero-order valence-corrected chi connectivity index (χ0v) is 11.6. The van der Waals surface area contributed by atoms with Crippen molar-refractivity contribution in [3.05, 3.63) is 59.0 Å². The van der Waals surface area contributed by atoms with Gasteiger partial charge in [-0.05, 0) is 30.0 Å². The van der Waals surface area contributed by atoms with E-state index in [1.54, 1.807) is 6.08 Å². The molecule has 1 heterocycles. The van der Waals surface area contributed by atoms with Gasteiger partial charge in [0.15, 0.2) is 5.54 Å². The molecule has 1 fully saturated rings. The van der Waals surface area contributed by atoms with Gasteiger partial charge in [-0.1, -0.05) is 41.5 Å². The third-order valence-electron chi connectivity index (χ3n) is 4.10. The molecule has 1 aromatic rings. The molecule has 2 rings (SSSR count). The van der Waals surface area contributed by atoms with E-state index < -0.39 is 11.5 Å². The van der Waals surface area contributed by atoms with Gasteiger partial charge >= 0.3 is 5.97 Å². The second-order valence-corrected chi connectivity index (χ2v) is 5.25. The van der Waals surface area contributed by atoms with Crippen LogP contribution in [-0.2, 0) is 11.2 Å². The quantitative estimate of drug-likeness (QED) is 0.363. The van der Waals surface area contributed by atoms with Gasteiger partial charge in [-0.15, -0.1) is 6.58 Å². The van der Waals surface area contributed by atoms with Gasteiger partial charge in [0.05, 0.1) is 0 Å². The van der Waals surface area contributed by atoms with Crippen LogP contribution in [-0.4, -0.2) is 29.7 Å². The highest BCUT2D eigenvalue weighted by atomic mass is 16.4. The van der Waals surface area contributed by atoms with Crippen molar-refractivity contribution in [1.29, 1.82) is 0 Å². The van der Waals surface area contributed by atoms with Gasteiger partial charge in [0.25, 0.3) is 0 Å². The van der Waals surface area contributed by atoms with E-state index in [2.05, 4.69) is 21.9 Å². The molecule has 21 heavy (non-hydrogen) atoms. The lowest BCUT2D eigenvalue weighted by Gasteiger charge is -2.30. The number of aliphatic carboxylic acids is 1. The molecule has 0 saturated carbocycles. The van der Waals surface area contributed by atoms with E-state index in [9.17, 15) is 9.90 Å². The number of nitrogens with zero attached hydrogens (tertiary/aromatic N) is 3. The topological polar surface area (TPSA) is 98.1 Å². The van der Waals surface area contributed by atoms with Gasteiger partial charge < -0.3 is 10.4 Å². The molecule has 0 spiro atoms. The maximum atomic E-state index is 11.7. The first-order valence-electron chi connectivity index (χ1n) is 6.81. The molecule has 0 radical (unpaired) electrons. The number of rotatable bonds is 6. The van der Waals surface area contributed by atoms with E-state index in [1.165, 1.54) is 0 Å². The number of allylic oxidation sites excluding steroid dienone is 1. The number of carbonyl (C=O) groups is 1. The molecule has 0 amide bonds. The Morgan fingerprint density at radius 1 is 1.62 bits per heavy atom. The summed E-state index contributed by atoms with van der Waals surface area (Å²) in [5.41, 5.74) is 8.41. The summed E-state index contributed by atoms with van der Waals surface area (Å²) >= 11 is 0. The Bertz CT molecular complexity index is 564. The molecule has 3 unspecified atom stereocenters. The van der Waals surface area contributed by atoms with Crippen molar-refractivity contribution in [3.8, 4) is 0 Å². The van der Waals surface area contributed by atoms with Gasteiger partial charge in [-0.25, -0.2) is 0 Å². The van der Waals surface area contributed by atoms with Gasteiger partial charge in [-0.3, -0.25) is 4.79 Å². The molecular weight excluding hydrogens is 268 g/mol. The second kappa shape index (κ2) is 6.43. The molecule has 0 aliphatic carbocycles. The number of carboxylic acid groups (broad SMARTS) is 1. The van der Waals surface area contributed by atoms with Crippen LogP contribution in [0.1, 0.15) is 5.56 Å². The lowest BCUT2D eigenvalue weighted by atomic mass is 9.76.